The minimum atomic E-state index is 0.0184. The molecule has 2 aliphatic rings. The van der Waals surface area contributed by atoms with Crippen LogP contribution in [-0.2, 0) is 4.74 Å². The molecule has 1 unspecified atom stereocenters. The van der Waals surface area contributed by atoms with Crippen LogP contribution in [0.15, 0.2) is 12.3 Å². The van der Waals surface area contributed by atoms with E-state index >= 15 is 0 Å². The monoisotopic (exact) mass is 197 g/mol. The first kappa shape index (κ1) is 9.99. The summed E-state index contributed by atoms with van der Waals surface area (Å²) in [6.07, 6.45) is 9.79. The van der Waals surface area contributed by atoms with E-state index in [4.69, 9.17) is 4.74 Å². The number of nitrogens with one attached hydrogen (secondary N) is 1. The van der Waals surface area contributed by atoms with Crippen LogP contribution < -0.4 is 5.32 Å². The van der Waals surface area contributed by atoms with Crippen LogP contribution in [0.2, 0.25) is 0 Å². The van der Waals surface area contributed by atoms with Gasteiger partial charge in [0.1, 0.15) is 6.10 Å². The van der Waals surface area contributed by atoms with E-state index in [1.54, 1.807) is 6.26 Å². The van der Waals surface area contributed by atoms with Gasteiger partial charge in [0.05, 0.1) is 12.9 Å². The van der Waals surface area contributed by atoms with Crippen molar-refractivity contribution in [3.05, 3.63) is 12.3 Å². The Morgan fingerprint density at radius 2 is 2.36 bits per heavy atom. The fourth-order valence-electron chi connectivity index (χ4n) is 2.06. The maximum Gasteiger partial charge on any atom is 0.110 e. The summed E-state index contributed by atoms with van der Waals surface area (Å²) in [5, 5.41) is 12.7. The zero-order valence-corrected chi connectivity index (χ0v) is 8.54. The van der Waals surface area contributed by atoms with Gasteiger partial charge in [-0.25, -0.2) is 0 Å². The molecule has 1 aliphatic heterocycles. The van der Waals surface area contributed by atoms with Crippen molar-refractivity contribution in [2.24, 2.45) is 0 Å². The van der Waals surface area contributed by atoms with Crippen LogP contribution in [0, 0.1) is 0 Å². The second-order valence-electron chi connectivity index (χ2n) is 4.38. The molecule has 0 aromatic rings. The minimum absolute atomic E-state index is 0.0184. The Morgan fingerprint density at radius 1 is 1.50 bits per heavy atom. The van der Waals surface area contributed by atoms with Crippen LogP contribution in [0.4, 0.5) is 0 Å². The molecule has 1 heterocycles. The third kappa shape index (κ3) is 2.10. The number of aliphatic hydroxyl groups excluding tert-OH is 1. The van der Waals surface area contributed by atoms with Crippen molar-refractivity contribution >= 4 is 0 Å². The lowest BCUT2D eigenvalue weighted by Crippen LogP contribution is -2.55. The van der Waals surface area contributed by atoms with Crippen molar-refractivity contribution in [2.75, 3.05) is 13.2 Å². The molecule has 0 bridgehead atoms. The lowest BCUT2D eigenvalue weighted by Gasteiger charge is -2.42. The Labute approximate surface area is 85.1 Å². The first-order chi connectivity index (χ1) is 6.85. The third-order valence-corrected chi connectivity index (χ3v) is 3.34. The van der Waals surface area contributed by atoms with E-state index in [0.29, 0.717) is 6.10 Å². The van der Waals surface area contributed by atoms with Gasteiger partial charge < -0.3 is 15.2 Å². The smallest absolute Gasteiger partial charge is 0.110 e. The summed E-state index contributed by atoms with van der Waals surface area (Å²) >= 11 is 0. The summed E-state index contributed by atoms with van der Waals surface area (Å²) in [4.78, 5) is 0. The molecule has 1 aliphatic carbocycles. The van der Waals surface area contributed by atoms with Gasteiger partial charge >= 0.3 is 0 Å². The molecule has 0 aromatic carbocycles. The topological polar surface area (TPSA) is 41.5 Å². The Hall–Kier alpha value is -0.540. The van der Waals surface area contributed by atoms with Gasteiger partial charge in [-0.15, -0.1) is 0 Å². The normalized spacial score (nSPS) is 29.4. The molecule has 80 valence electrons. The van der Waals surface area contributed by atoms with E-state index in [9.17, 15) is 5.11 Å². The quantitative estimate of drug-likeness (QED) is 0.711. The molecule has 2 rings (SSSR count). The first-order valence-electron chi connectivity index (χ1n) is 5.51. The molecule has 0 spiro atoms. The van der Waals surface area contributed by atoms with Gasteiger partial charge in [-0.1, -0.05) is 0 Å². The molecule has 3 heteroatoms. The summed E-state index contributed by atoms with van der Waals surface area (Å²) in [7, 11) is 0. The highest BCUT2D eigenvalue weighted by atomic mass is 16.5. The van der Waals surface area contributed by atoms with Crippen molar-refractivity contribution < 1.29 is 9.84 Å². The Morgan fingerprint density at radius 3 is 2.86 bits per heavy atom. The maximum absolute atomic E-state index is 9.25. The predicted octanol–water partition coefficient (Wildman–Crippen LogP) is 1.18. The zero-order chi connectivity index (χ0) is 9.86. The molecule has 1 saturated carbocycles. The largest absolute Gasteiger partial charge is 0.497 e. The van der Waals surface area contributed by atoms with Crippen molar-refractivity contribution in [1.29, 1.82) is 0 Å². The van der Waals surface area contributed by atoms with E-state index in [-0.39, 0.29) is 12.1 Å². The number of allylic oxidation sites excluding steroid dienone is 1. The molecular formula is C11H19NO2. The number of ether oxygens (including phenoxy) is 1. The number of hydrogen-bond acceptors (Lipinski definition) is 3. The third-order valence-electron chi connectivity index (χ3n) is 3.34. The number of hydrogen-bond donors (Lipinski definition) is 2. The Balaban J connectivity index is 1.73. The predicted molar refractivity (Wildman–Crippen MR) is 54.9 cm³/mol. The molecule has 2 N–H and O–H groups in total. The summed E-state index contributed by atoms with van der Waals surface area (Å²) in [5.41, 5.74) is 0.0184. The lowest BCUT2D eigenvalue weighted by atomic mass is 9.77. The zero-order valence-electron chi connectivity index (χ0n) is 8.54. The summed E-state index contributed by atoms with van der Waals surface area (Å²) < 4.78 is 5.46. The highest BCUT2D eigenvalue weighted by Crippen LogP contribution is 2.31. The van der Waals surface area contributed by atoms with E-state index in [2.05, 4.69) is 11.4 Å². The van der Waals surface area contributed by atoms with Gasteiger partial charge in [0.15, 0.2) is 0 Å². The summed E-state index contributed by atoms with van der Waals surface area (Å²) in [6.45, 7) is 1.13. The van der Waals surface area contributed by atoms with Gasteiger partial charge in [0, 0.05) is 12.1 Å². The Kier molecular flexibility index (Phi) is 3.08. The van der Waals surface area contributed by atoms with Gasteiger partial charge in [-0.3, -0.25) is 0 Å². The summed E-state index contributed by atoms with van der Waals surface area (Å²) in [6, 6.07) is 0. The van der Waals surface area contributed by atoms with Crippen LogP contribution in [0.25, 0.3) is 0 Å². The number of aliphatic hydroxyl groups is 1. The molecule has 0 saturated heterocycles. The molecule has 1 atom stereocenters. The van der Waals surface area contributed by atoms with E-state index < -0.39 is 0 Å². The minimum Gasteiger partial charge on any atom is -0.497 e. The van der Waals surface area contributed by atoms with E-state index in [1.165, 1.54) is 6.42 Å². The van der Waals surface area contributed by atoms with Crippen molar-refractivity contribution in [3.8, 4) is 0 Å². The lowest BCUT2D eigenvalue weighted by molar-refractivity contribution is 0.0585. The number of rotatable bonds is 4. The molecule has 0 aromatic heterocycles. The molecule has 0 radical (unpaired) electrons. The van der Waals surface area contributed by atoms with Crippen molar-refractivity contribution in [1.82, 2.24) is 5.32 Å². The SMILES string of the molecule is OCC1(NCC2CCC=CO2)CCC1. The second-order valence-corrected chi connectivity index (χ2v) is 4.38. The van der Waals surface area contributed by atoms with E-state index in [1.807, 2.05) is 0 Å². The fraction of sp³-hybridized carbons (Fsp3) is 0.818. The molecule has 0 amide bonds. The van der Waals surface area contributed by atoms with Crippen LogP contribution >= 0.6 is 0 Å². The molecule has 1 fully saturated rings. The standard InChI is InChI=1S/C11H19NO2/c13-9-11(5-3-6-11)12-8-10-4-1-2-7-14-10/h2,7,10,12-13H,1,3-6,8-9H2. The molecular weight excluding hydrogens is 178 g/mol. The van der Waals surface area contributed by atoms with Crippen LogP contribution in [0.1, 0.15) is 32.1 Å². The first-order valence-corrected chi connectivity index (χ1v) is 5.51. The molecule has 14 heavy (non-hydrogen) atoms. The van der Waals surface area contributed by atoms with Gasteiger partial charge in [0.2, 0.25) is 0 Å². The van der Waals surface area contributed by atoms with Crippen LogP contribution in [0.3, 0.4) is 0 Å². The average molecular weight is 197 g/mol. The maximum atomic E-state index is 9.25. The van der Waals surface area contributed by atoms with E-state index in [0.717, 1.165) is 32.2 Å². The highest BCUT2D eigenvalue weighted by molar-refractivity contribution is 4.96. The highest BCUT2D eigenvalue weighted by Gasteiger charge is 2.36. The second kappa shape index (κ2) is 4.32. The van der Waals surface area contributed by atoms with Gasteiger partial charge in [0.25, 0.3) is 0 Å². The van der Waals surface area contributed by atoms with Gasteiger partial charge in [-0.2, -0.15) is 0 Å². The fourth-order valence-corrected chi connectivity index (χ4v) is 2.06. The van der Waals surface area contributed by atoms with Gasteiger partial charge in [-0.05, 0) is 38.2 Å². The summed E-state index contributed by atoms with van der Waals surface area (Å²) in [5.74, 6) is 0. The van der Waals surface area contributed by atoms with Crippen molar-refractivity contribution in [2.45, 2.75) is 43.7 Å². The average Bonchev–Trinajstić information content (AvgIpc) is 2.19. The van der Waals surface area contributed by atoms with Crippen molar-refractivity contribution in [3.63, 3.8) is 0 Å². The Bertz CT molecular complexity index is 206. The molecule has 3 nitrogen and oxygen atoms in total. The van der Waals surface area contributed by atoms with Crippen LogP contribution in [0.5, 0.6) is 0 Å². The van der Waals surface area contributed by atoms with Crippen LogP contribution in [-0.4, -0.2) is 29.9 Å².